The summed E-state index contributed by atoms with van der Waals surface area (Å²) in [5, 5.41) is 10.2. The van der Waals surface area contributed by atoms with E-state index in [-0.39, 0.29) is 22.6 Å². The van der Waals surface area contributed by atoms with Crippen molar-refractivity contribution in [3.05, 3.63) is 95.6 Å². The van der Waals surface area contributed by atoms with E-state index >= 15 is 0 Å². The summed E-state index contributed by atoms with van der Waals surface area (Å²) in [4.78, 5) is 32.4. The zero-order chi connectivity index (χ0) is 18.4. The first kappa shape index (κ1) is 17.0. The summed E-state index contributed by atoms with van der Waals surface area (Å²) in [6, 6.07) is 14.5. The molecule has 0 aliphatic rings. The van der Waals surface area contributed by atoms with Crippen molar-refractivity contribution in [2.24, 2.45) is 0 Å². The van der Waals surface area contributed by atoms with Gasteiger partial charge in [0.25, 0.3) is 0 Å². The van der Waals surface area contributed by atoms with Crippen LogP contribution in [0.3, 0.4) is 0 Å². The SMILES string of the molecule is O=C(OC(=O)c1cccnc1/C=C(\O)c1ccncc1)c1ccccc1. The lowest BCUT2D eigenvalue weighted by Gasteiger charge is -2.06. The highest BCUT2D eigenvalue weighted by molar-refractivity contribution is 6.04. The van der Waals surface area contributed by atoms with Gasteiger partial charge in [-0.05, 0) is 36.4 Å². The predicted octanol–water partition coefficient (Wildman–Crippen LogP) is 3.53. The normalized spacial score (nSPS) is 11.0. The van der Waals surface area contributed by atoms with Crippen LogP contribution < -0.4 is 0 Å². The van der Waals surface area contributed by atoms with Crippen LogP contribution in [0, 0.1) is 0 Å². The number of carbonyl (C=O) groups excluding carboxylic acids is 2. The number of nitrogens with zero attached hydrogens (tertiary/aromatic N) is 2. The molecule has 0 bridgehead atoms. The maximum Gasteiger partial charge on any atom is 0.348 e. The Morgan fingerprint density at radius 2 is 1.58 bits per heavy atom. The Morgan fingerprint density at radius 3 is 2.31 bits per heavy atom. The van der Waals surface area contributed by atoms with Gasteiger partial charge in [0.2, 0.25) is 0 Å². The van der Waals surface area contributed by atoms with Crippen LogP contribution in [0.25, 0.3) is 11.8 Å². The van der Waals surface area contributed by atoms with Crippen LogP contribution in [-0.4, -0.2) is 27.0 Å². The molecular weight excluding hydrogens is 332 g/mol. The van der Waals surface area contributed by atoms with Gasteiger partial charge in [0, 0.05) is 30.2 Å². The van der Waals surface area contributed by atoms with E-state index in [0.29, 0.717) is 5.56 Å². The van der Waals surface area contributed by atoms with E-state index < -0.39 is 11.9 Å². The van der Waals surface area contributed by atoms with Crippen LogP contribution in [0.4, 0.5) is 0 Å². The molecule has 6 nitrogen and oxygen atoms in total. The van der Waals surface area contributed by atoms with E-state index in [0.717, 1.165) is 0 Å². The Kier molecular flexibility index (Phi) is 5.14. The van der Waals surface area contributed by atoms with Gasteiger partial charge in [-0.15, -0.1) is 0 Å². The summed E-state index contributed by atoms with van der Waals surface area (Å²) in [6.07, 6.45) is 5.87. The molecule has 0 atom stereocenters. The molecule has 0 spiro atoms. The molecule has 26 heavy (non-hydrogen) atoms. The van der Waals surface area contributed by atoms with Crippen molar-refractivity contribution in [3.8, 4) is 0 Å². The van der Waals surface area contributed by atoms with Crippen molar-refractivity contribution in [1.29, 1.82) is 0 Å². The smallest absolute Gasteiger partial charge is 0.348 e. The lowest BCUT2D eigenvalue weighted by molar-refractivity contribution is 0.0397. The second-order valence-electron chi connectivity index (χ2n) is 5.24. The number of benzene rings is 1. The molecule has 3 aromatic rings. The Labute approximate surface area is 149 Å². The minimum atomic E-state index is -0.847. The van der Waals surface area contributed by atoms with Crippen molar-refractivity contribution in [1.82, 2.24) is 9.97 Å². The molecule has 0 saturated heterocycles. The van der Waals surface area contributed by atoms with Crippen molar-refractivity contribution in [3.63, 3.8) is 0 Å². The number of carbonyl (C=O) groups is 2. The average molecular weight is 346 g/mol. The van der Waals surface area contributed by atoms with E-state index in [1.165, 1.54) is 30.7 Å². The molecule has 0 unspecified atom stereocenters. The summed E-state index contributed by atoms with van der Waals surface area (Å²) in [7, 11) is 0. The van der Waals surface area contributed by atoms with Gasteiger partial charge in [0.05, 0.1) is 16.8 Å². The van der Waals surface area contributed by atoms with Crippen molar-refractivity contribution in [2.45, 2.75) is 0 Å². The molecule has 1 aromatic carbocycles. The van der Waals surface area contributed by atoms with Crippen molar-refractivity contribution in [2.75, 3.05) is 0 Å². The summed E-state index contributed by atoms with van der Waals surface area (Å²) >= 11 is 0. The molecule has 1 N–H and O–H groups in total. The number of rotatable bonds is 4. The van der Waals surface area contributed by atoms with Crippen LogP contribution in [0.15, 0.2) is 73.2 Å². The number of esters is 2. The van der Waals surface area contributed by atoms with E-state index in [1.54, 1.807) is 48.5 Å². The van der Waals surface area contributed by atoms with Crippen LogP contribution >= 0.6 is 0 Å². The van der Waals surface area contributed by atoms with Crippen LogP contribution in [0.5, 0.6) is 0 Å². The van der Waals surface area contributed by atoms with Gasteiger partial charge in [0.15, 0.2) is 0 Å². The largest absolute Gasteiger partial charge is 0.507 e. The molecule has 0 fully saturated rings. The molecule has 0 radical (unpaired) electrons. The van der Waals surface area contributed by atoms with E-state index in [9.17, 15) is 14.7 Å². The zero-order valence-electron chi connectivity index (χ0n) is 13.6. The molecular formula is C20H14N2O4. The quantitative estimate of drug-likeness (QED) is 0.442. The standard InChI is InChI=1S/C20H14N2O4/c23-18(14-8-11-21-12-9-14)13-17-16(7-4-10-22-17)20(25)26-19(24)15-5-2-1-3-6-15/h1-13,23H/b18-13-. The summed E-state index contributed by atoms with van der Waals surface area (Å²) < 4.78 is 4.91. The van der Waals surface area contributed by atoms with Crippen LogP contribution in [-0.2, 0) is 4.74 Å². The minimum absolute atomic E-state index is 0.0670. The van der Waals surface area contributed by atoms with Crippen LogP contribution in [0.1, 0.15) is 32.0 Å². The minimum Gasteiger partial charge on any atom is -0.507 e. The summed E-state index contributed by atoms with van der Waals surface area (Å²) in [5.41, 5.74) is 1.04. The Bertz CT molecular complexity index is 954. The average Bonchev–Trinajstić information content (AvgIpc) is 2.69. The maximum absolute atomic E-state index is 12.4. The highest BCUT2D eigenvalue weighted by atomic mass is 16.6. The molecule has 0 aliphatic carbocycles. The number of pyridine rings is 2. The third-order valence-electron chi connectivity index (χ3n) is 3.50. The fourth-order valence-electron chi connectivity index (χ4n) is 2.21. The molecule has 2 aromatic heterocycles. The number of aromatic nitrogens is 2. The highest BCUT2D eigenvalue weighted by Crippen LogP contribution is 2.17. The molecule has 6 heteroatoms. The van der Waals surface area contributed by atoms with Gasteiger partial charge in [0.1, 0.15) is 5.76 Å². The first-order valence-corrected chi connectivity index (χ1v) is 7.73. The second-order valence-corrected chi connectivity index (χ2v) is 5.24. The first-order chi connectivity index (χ1) is 12.6. The van der Waals surface area contributed by atoms with Gasteiger partial charge in [-0.3, -0.25) is 9.97 Å². The van der Waals surface area contributed by atoms with Crippen LogP contribution in [0.2, 0.25) is 0 Å². The number of ether oxygens (including phenoxy) is 1. The maximum atomic E-state index is 12.4. The van der Waals surface area contributed by atoms with Gasteiger partial charge in [-0.25, -0.2) is 9.59 Å². The Hall–Kier alpha value is -3.80. The highest BCUT2D eigenvalue weighted by Gasteiger charge is 2.18. The molecule has 0 aliphatic heterocycles. The molecule has 0 amide bonds. The lowest BCUT2D eigenvalue weighted by Crippen LogP contribution is -2.14. The van der Waals surface area contributed by atoms with Crippen molar-refractivity contribution >= 4 is 23.8 Å². The molecule has 3 rings (SSSR count). The van der Waals surface area contributed by atoms with Gasteiger partial charge in [-0.2, -0.15) is 0 Å². The Balaban J connectivity index is 1.85. The monoisotopic (exact) mass is 346 g/mol. The van der Waals surface area contributed by atoms with Crippen molar-refractivity contribution < 1.29 is 19.4 Å². The van der Waals surface area contributed by atoms with Gasteiger partial charge in [-0.1, -0.05) is 18.2 Å². The zero-order valence-corrected chi connectivity index (χ0v) is 13.6. The summed E-state index contributed by atoms with van der Waals surface area (Å²) in [5.74, 6) is -1.69. The molecule has 0 saturated carbocycles. The fourth-order valence-corrected chi connectivity index (χ4v) is 2.21. The Morgan fingerprint density at radius 1 is 0.846 bits per heavy atom. The molecule has 128 valence electrons. The number of hydrogen-bond donors (Lipinski definition) is 1. The number of aliphatic hydroxyl groups excluding tert-OH is 1. The third-order valence-corrected chi connectivity index (χ3v) is 3.50. The van der Waals surface area contributed by atoms with E-state index in [1.807, 2.05) is 0 Å². The lowest BCUT2D eigenvalue weighted by atomic mass is 10.1. The fraction of sp³-hybridized carbons (Fsp3) is 0. The summed E-state index contributed by atoms with van der Waals surface area (Å²) in [6.45, 7) is 0. The van der Waals surface area contributed by atoms with E-state index in [2.05, 4.69) is 9.97 Å². The number of aliphatic hydroxyl groups is 1. The first-order valence-electron chi connectivity index (χ1n) is 7.73. The number of hydrogen-bond acceptors (Lipinski definition) is 6. The second kappa shape index (κ2) is 7.85. The van der Waals surface area contributed by atoms with E-state index in [4.69, 9.17) is 4.74 Å². The topological polar surface area (TPSA) is 89.4 Å². The van der Waals surface area contributed by atoms with Gasteiger partial charge >= 0.3 is 11.9 Å². The third kappa shape index (κ3) is 3.99. The predicted molar refractivity (Wildman–Crippen MR) is 95.2 cm³/mol. The van der Waals surface area contributed by atoms with Gasteiger partial charge < -0.3 is 9.84 Å². The molecule has 2 heterocycles.